The third kappa shape index (κ3) is 7.72. The number of para-hydroxylation sites is 2. The normalized spacial score (nSPS) is 21.1. The van der Waals surface area contributed by atoms with Gasteiger partial charge in [-0.25, -0.2) is 0 Å². The summed E-state index contributed by atoms with van der Waals surface area (Å²) in [7, 11) is 1.82. The van der Waals surface area contributed by atoms with E-state index in [1.807, 2.05) is 76.3 Å². The maximum atomic E-state index is 12.8. The van der Waals surface area contributed by atoms with Gasteiger partial charge in [0.2, 0.25) is 0 Å². The van der Waals surface area contributed by atoms with Crippen LogP contribution in [0.25, 0.3) is 0 Å². The molecular weight excluding hydrogens is 440 g/mol. The Hall–Kier alpha value is -3.06. The van der Waals surface area contributed by atoms with Gasteiger partial charge in [-0.1, -0.05) is 31.4 Å². The number of benzene rings is 2. The quantitative estimate of drug-likeness (QED) is 0.404. The van der Waals surface area contributed by atoms with Gasteiger partial charge in [0, 0.05) is 24.3 Å². The molecule has 0 bridgehead atoms. The van der Waals surface area contributed by atoms with E-state index in [1.165, 1.54) is 0 Å². The first kappa shape index (κ1) is 26.5. The molecule has 7 heteroatoms. The zero-order valence-corrected chi connectivity index (χ0v) is 21.4. The summed E-state index contributed by atoms with van der Waals surface area (Å²) in [4.78, 5) is 25.6. The minimum Gasteiger partial charge on any atom is -0.459 e. The van der Waals surface area contributed by atoms with Crippen molar-refractivity contribution in [2.45, 2.75) is 82.9 Å². The van der Waals surface area contributed by atoms with Crippen molar-refractivity contribution in [3.8, 4) is 0 Å². The van der Waals surface area contributed by atoms with Gasteiger partial charge in [-0.15, -0.1) is 0 Å². The highest BCUT2D eigenvalue weighted by Gasteiger charge is 2.38. The largest absolute Gasteiger partial charge is 0.459 e. The summed E-state index contributed by atoms with van der Waals surface area (Å²) in [6.45, 7) is 5.62. The van der Waals surface area contributed by atoms with Gasteiger partial charge in [-0.3, -0.25) is 9.59 Å². The van der Waals surface area contributed by atoms with Gasteiger partial charge in [-0.2, -0.15) is 0 Å². The lowest BCUT2D eigenvalue weighted by molar-refractivity contribution is -0.162. The Balaban J connectivity index is 1.62. The van der Waals surface area contributed by atoms with Crippen molar-refractivity contribution in [3.63, 3.8) is 0 Å². The van der Waals surface area contributed by atoms with Gasteiger partial charge in [0.1, 0.15) is 11.1 Å². The number of anilines is 3. The molecule has 0 heterocycles. The summed E-state index contributed by atoms with van der Waals surface area (Å²) in [5.41, 5.74) is 8.21. The molecule has 1 amide bonds. The van der Waals surface area contributed by atoms with Gasteiger partial charge in [-0.05, 0) is 82.9 Å². The number of rotatable bonds is 6. The highest BCUT2D eigenvalue weighted by Crippen LogP contribution is 2.28. The van der Waals surface area contributed by atoms with E-state index in [9.17, 15) is 9.59 Å². The topological polar surface area (TPSA) is 105 Å². The van der Waals surface area contributed by atoms with E-state index in [1.54, 1.807) is 0 Å². The van der Waals surface area contributed by atoms with Crippen molar-refractivity contribution in [1.29, 1.82) is 0 Å². The van der Waals surface area contributed by atoms with Gasteiger partial charge < -0.3 is 26.4 Å². The number of hydrogen-bond acceptors (Lipinski definition) is 6. The predicted molar refractivity (Wildman–Crippen MR) is 143 cm³/mol. The molecule has 35 heavy (non-hydrogen) atoms. The fraction of sp³-hybridized carbons (Fsp3) is 0.500. The second-order valence-electron chi connectivity index (χ2n) is 10.5. The molecule has 1 aliphatic rings. The van der Waals surface area contributed by atoms with Crippen LogP contribution < -0.4 is 21.7 Å². The van der Waals surface area contributed by atoms with Crippen LogP contribution >= 0.6 is 0 Å². The lowest BCUT2D eigenvalue weighted by Crippen LogP contribution is -2.51. The molecule has 2 unspecified atom stereocenters. The van der Waals surface area contributed by atoms with Crippen LogP contribution in [0.15, 0.2) is 48.5 Å². The molecule has 1 fully saturated rings. The van der Waals surface area contributed by atoms with Crippen molar-refractivity contribution in [2.24, 2.45) is 5.73 Å². The Kier molecular flexibility index (Phi) is 8.78. The molecule has 2 atom stereocenters. The zero-order valence-electron chi connectivity index (χ0n) is 21.4. The van der Waals surface area contributed by atoms with Crippen LogP contribution in [0.4, 0.5) is 17.1 Å². The number of amides is 1. The van der Waals surface area contributed by atoms with E-state index >= 15 is 0 Å². The molecule has 7 nitrogen and oxygen atoms in total. The summed E-state index contributed by atoms with van der Waals surface area (Å²) in [5.74, 6) is -0.465. The molecule has 1 aliphatic carbocycles. The molecule has 0 aliphatic heterocycles. The zero-order chi connectivity index (χ0) is 25.5. The van der Waals surface area contributed by atoms with Gasteiger partial charge >= 0.3 is 5.97 Å². The molecule has 0 spiro atoms. The standard InChI is InChI=1S/C28H40N4O3/c1-27(2,3)35-26(34)28(29)18-9-5-6-10-21(17-19-28)31-22-15-13-20(14-16-22)25(33)32-24-12-8-7-11-23(24)30-4/h7-8,11-16,21,30-31H,5-6,9-10,17-19,29H2,1-4H3,(H,32,33). The van der Waals surface area contributed by atoms with Crippen LogP contribution in [0.3, 0.4) is 0 Å². The van der Waals surface area contributed by atoms with E-state index in [2.05, 4.69) is 16.0 Å². The molecule has 2 aromatic rings. The lowest BCUT2D eigenvalue weighted by atomic mass is 9.88. The average molecular weight is 481 g/mol. The fourth-order valence-corrected chi connectivity index (χ4v) is 4.40. The van der Waals surface area contributed by atoms with Crippen LogP contribution in [0.5, 0.6) is 0 Å². The van der Waals surface area contributed by atoms with E-state index in [4.69, 9.17) is 10.5 Å². The lowest BCUT2D eigenvalue weighted by Gasteiger charge is -2.32. The maximum Gasteiger partial charge on any atom is 0.326 e. The number of hydrogen-bond donors (Lipinski definition) is 4. The van der Waals surface area contributed by atoms with Crippen molar-refractivity contribution < 1.29 is 14.3 Å². The average Bonchev–Trinajstić information content (AvgIpc) is 2.90. The van der Waals surface area contributed by atoms with Crippen molar-refractivity contribution in [1.82, 2.24) is 0 Å². The Bertz CT molecular complexity index is 1000. The third-order valence-corrected chi connectivity index (χ3v) is 6.38. The van der Waals surface area contributed by atoms with E-state index in [0.717, 1.165) is 49.2 Å². The van der Waals surface area contributed by atoms with E-state index in [0.29, 0.717) is 18.4 Å². The first-order chi connectivity index (χ1) is 16.6. The Morgan fingerprint density at radius 2 is 1.63 bits per heavy atom. The molecule has 3 rings (SSSR count). The molecular formula is C28H40N4O3. The molecule has 0 aromatic heterocycles. The first-order valence-electron chi connectivity index (χ1n) is 12.6. The summed E-state index contributed by atoms with van der Waals surface area (Å²) in [5, 5.41) is 9.62. The monoisotopic (exact) mass is 480 g/mol. The summed E-state index contributed by atoms with van der Waals surface area (Å²) in [6, 6.07) is 15.3. The smallest absolute Gasteiger partial charge is 0.326 e. The van der Waals surface area contributed by atoms with Gasteiger partial charge in [0.05, 0.1) is 11.4 Å². The van der Waals surface area contributed by atoms with Crippen molar-refractivity contribution >= 4 is 28.9 Å². The molecule has 190 valence electrons. The predicted octanol–water partition coefficient (Wildman–Crippen LogP) is 5.54. The maximum absolute atomic E-state index is 12.8. The molecule has 0 saturated heterocycles. The summed E-state index contributed by atoms with van der Waals surface area (Å²) in [6.07, 6.45) is 6.04. The number of ether oxygens (including phenoxy) is 1. The molecule has 5 N–H and O–H groups in total. The fourth-order valence-electron chi connectivity index (χ4n) is 4.40. The Labute approximate surface area is 209 Å². The molecule has 1 saturated carbocycles. The van der Waals surface area contributed by atoms with Crippen LogP contribution in [0, 0.1) is 0 Å². The second kappa shape index (κ2) is 11.6. The second-order valence-corrected chi connectivity index (χ2v) is 10.5. The van der Waals surface area contributed by atoms with Crippen LogP contribution in [-0.4, -0.2) is 36.1 Å². The van der Waals surface area contributed by atoms with E-state index < -0.39 is 11.1 Å². The number of nitrogens with one attached hydrogen (secondary N) is 3. The van der Waals surface area contributed by atoms with Crippen molar-refractivity contribution in [2.75, 3.05) is 23.0 Å². The SMILES string of the molecule is CNc1ccccc1NC(=O)c1ccc(NC2CCCCCC(N)(C(=O)OC(C)(C)C)CC2)cc1. The highest BCUT2D eigenvalue weighted by atomic mass is 16.6. The van der Waals surface area contributed by atoms with Gasteiger partial charge in [0.15, 0.2) is 0 Å². The minimum absolute atomic E-state index is 0.160. The summed E-state index contributed by atoms with van der Waals surface area (Å²) >= 11 is 0. The van der Waals surface area contributed by atoms with Crippen LogP contribution in [0.1, 0.15) is 76.1 Å². The first-order valence-corrected chi connectivity index (χ1v) is 12.6. The minimum atomic E-state index is -0.955. The third-order valence-electron chi connectivity index (χ3n) is 6.38. The van der Waals surface area contributed by atoms with Crippen molar-refractivity contribution in [3.05, 3.63) is 54.1 Å². The van der Waals surface area contributed by atoms with Crippen LogP contribution in [0.2, 0.25) is 0 Å². The number of carbonyl (C=O) groups is 2. The van der Waals surface area contributed by atoms with Gasteiger partial charge in [0.25, 0.3) is 5.91 Å². The number of nitrogens with two attached hydrogens (primary N) is 1. The molecule has 0 radical (unpaired) electrons. The highest BCUT2D eigenvalue weighted by molar-refractivity contribution is 6.06. The molecule has 2 aromatic carbocycles. The van der Waals surface area contributed by atoms with E-state index in [-0.39, 0.29) is 17.9 Å². The Morgan fingerprint density at radius 3 is 2.29 bits per heavy atom. The number of esters is 1. The Morgan fingerprint density at radius 1 is 0.943 bits per heavy atom. The van der Waals surface area contributed by atoms with Crippen LogP contribution in [-0.2, 0) is 9.53 Å². The number of carbonyl (C=O) groups excluding carboxylic acids is 2. The summed E-state index contributed by atoms with van der Waals surface area (Å²) < 4.78 is 5.64.